The maximum Gasteiger partial charge on any atom is 0.255 e. The molecular weight excluding hydrogens is 240 g/mol. The molecule has 0 aliphatic heterocycles. The fourth-order valence-electron chi connectivity index (χ4n) is 1.59. The van der Waals surface area contributed by atoms with Gasteiger partial charge in [-0.15, -0.1) is 0 Å². The lowest BCUT2D eigenvalue weighted by atomic mass is 10.1. The van der Waals surface area contributed by atoms with E-state index in [9.17, 15) is 4.79 Å². The summed E-state index contributed by atoms with van der Waals surface area (Å²) in [6, 6.07) is 15.4. The molecule has 4 nitrogen and oxygen atoms in total. The van der Waals surface area contributed by atoms with Gasteiger partial charge in [0.1, 0.15) is 0 Å². The van der Waals surface area contributed by atoms with E-state index in [1.807, 2.05) is 6.07 Å². The third-order valence-corrected chi connectivity index (χ3v) is 2.67. The monoisotopic (exact) mass is 252 g/mol. The number of carbonyl (C=O) groups excluding carboxylic acids is 1. The number of amides is 1. The van der Waals surface area contributed by atoms with E-state index in [-0.39, 0.29) is 12.5 Å². The van der Waals surface area contributed by atoms with Gasteiger partial charge in [-0.1, -0.05) is 12.1 Å². The Morgan fingerprint density at radius 2 is 1.74 bits per heavy atom. The molecule has 2 rings (SSSR count). The summed E-state index contributed by atoms with van der Waals surface area (Å²) in [5.41, 5.74) is 2.46. The molecule has 2 N–H and O–H groups in total. The van der Waals surface area contributed by atoms with Gasteiger partial charge in [-0.3, -0.25) is 4.79 Å². The lowest BCUT2D eigenvalue weighted by Crippen LogP contribution is -2.11. The molecule has 1 amide bonds. The number of nitriles is 1. The molecule has 0 fully saturated rings. The number of nitrogens with one attached hydrogen (secondary N) is 1. The molecule has 2 aromatic carbocycles. The normalized spacial score (nSPS) is 9.68. The minimum absolute atomic E-state index is 0.0240. The van der Waals surface area contributed by atoms with Crippen LogP contribution in [0, 0.1) is 11.3 Å². The smallest absolute Gasteiger partial charge is 0.255 e. The van der Waals surface area contributed by atoms with Crippen LogP contribution >= 0.6 is 0 Å². The van der Waals surface area contributed by atoms with E-state index in [1.54, 1.807) is 48.5 Å². The fraction of sp³-hybridized carbons (Fsp3) is 0.0667. The van der Waals surface area contributed by atoms with Crippen LogP contribution < -0.4 is 5.32 Å². The Labute approximate surface area is 110 Å². The van der Waals surface area contributed by atoms with Crippen molar-refractivity contribution >= 4 is 11.6 Å². The van der Waals surface area contributed by atoms with Gasteiger partial charge in [0.15, 0.2) is 0 Å². The van der Waals surface area contributed by atoms with E-state index in [2.05, 4.69) is 5.32 Å². The molecular formula is C15H12N2O2. The van der Waals surface area contributed by atoms with Gasteiger partial charge in [0.25, 0.3) is 5.91 Å². The Kier molecular flexibility index (Phi) is 3.91. The van der Waals surface area contributed by atoms with Crippen LogP contribution in [0.1, 0.15) is 21.5 Å². The summed E-state index contributed by atoms with van der Waals surface area (Å²) >= 11 is 0. The Balaban J connectivity index is 2.09. The van der Waals surface area contributed by atoms with Gasteiger partial charge < -0.3 is 10.4 Å². The lowest BCUT2D eigenvalue weighted by Gasteiger charge is -2.06. The maximum absolute atomic E-state index is 11.9. The average Bonchev–Trinajstić information content (AvgIpc) is 2.48. The highest BCUT2D eigenvalue weighted by atomic mass is 16.3. The van der Waals surface area contributed by atoms with Crippen LogP contribution in [-0.4, -0.2) is 11.0 Å². The summed E-state index contributed by atoms with van der Waals surface area (Å²) in [7, 11) is 0. The molecule has 0 heterocycles. The quantitative estimate of drug-likeness (QED) is 0.880. The molecule has 19 heavy (non-hydrogen) atoms. The van der Waals surface area contributed by atoms with E-state index in [4.69, 9.17) is 10.4 Å². The SMILES string of the molecule is N#Cc1ccc(C(=O)Nc2ccc(CO)cc2)cc1. The molecule has 2 aromatic rings. The number of aliphatic hydroxyl groups is 1. The highest BCUT2D eigenvalue weighted by molar-refractivity contribution is 6.04. The van der Waals surface area contributed by atoms with Gasteiger partial charge in [0, 0.05) is 11.3 Å². The number of hydrogen-bond donors (Lipinski definition) is 2. The van der Waals surface area contributed by atoms with Gasteiger partial charge in [-0.05, 0) is 42.0 Å². The predicted molar refractivity (Wildman–Crippen MR) is 71.5 cm³/mol. The zero-order chi connectivity index (χ0) is 13.7. The van der Waals surface area contributed by atoms with Crippen molar-refractivity contribution in [2.24, 2.45) is 0 Å². The van der Waals surface area contributed by atoms with E-state index < -0.39 is 0 Å². The van der Waals surface area contributed by atoms with E-state index >= 15 is 0 Å². The molecule has 0 saturated heterocycles. The van der Waals surface area contributed by atoms with Crippen LogP contribution in [0.15, 0.2) is 48.5 Å². The topological polar surface area (TPSA) is 73.1 Å². The number of carbonyl (C=O) groups is 1. The van der Waals surface area contributed by atoms with Gasteiger partial charge in [0.05, 0.1) is 18.2 Å². The molecule has 0 unspecified atom stereocenters. The van der Waals surface area contributed by atoms with E-state index in [0.717, 1.165) is 5.56 Å². The Bertz CT molecular complexity index is 610. The number of aliphatic hydroxyl groups excluding tert-OH is 1. The first-order chi connectivity index (χ1) is 9.22. The molecule has 0 radical (unpaired) electrons. The van der Waals surface area contributed by atoms with Crippen LogP contribution in [0.3, 0.4) is 0 Å². The summed E-state index contributed by atoms with van der Waals surface area (Å²) in [5.74, 6) is -0.235. The Hall–Kier alpha value is -2.64. The van der Waals surface area contributed by atoms with Crippen LogP contribution in [0.25, 0.3) is 0 Å². The second-order valence-corrected chi connectivity index (χ2v) is 4.00. The van der Waals surface area contributed by atoms with Crippen molar-refractivity contribution in [3.8, 4) is 6.07 Å². The number of rotatable bonds is 3. The second kappa shape index (κ2) is 5.80. The third kappa shape index (κ3) is 3.18. The Morgan fingerprint density at radius 1 is 1.11 bits per heavy atom. The van der Waals surface area contributed by atoms with Crippen molar-refractivity contribution in [1.82, 2.24) is 0 Å². The van der Waals surface area contributed by atoms with Crippen molar-refractivity contribution in [2.75, 3.05) is 5.32 Å². The molecule has 0 aliphatic carbocycles. The number of benzene rings is 2. The standard InChI is InChI=1S/C15H12N2O2/c16-9-11-1-5-13(6-2-11)15(19)17-14-7-3-12(10-18)4-8-14/h1-8,18H,10H2,(H,17,19). The van der Waals surface area contributed by atoms with Gasteiger partial charge in [-0.2, -0.15) is 5.26 Å². The highest BCUT2D eigenvalue weighted by Crippen LogP contribution is 2.12. The van der Waals surface area contributed by atoms with Crippen LogP contribution in [-0.2, 0) is 6.61 Å². The minimum atomic E-state index is -0.235. The molecule has 0 spiro atoms. The molecule has 0 atom stereocenters. The predicted octanol–water partition coefficient (Wildman–Crippen LogP) is 2.30. The summed E-state index contributed by atoms with van der Waals surface area (Å²) in [6.07, 6.45) is 0. The molecule has 0 aromatic heterocycles. The first-order valence-electron chi connectivity index (χ1n) is 5.74. The van der Waals surface area contributed by atoms with Crippen molar-refractivity contribution < 1.29 is 9.90 Å². The number of hydrogen-bond acceptors (Lipinski definition) is 3. The average molecular weight is 252 g/mol. The van der Waals surface area contributed by atoms with Crippen molar-refractivity contribution in [3.63, 3.8) is 0 Å². The zero-order valence-corrected chi connectivity index (χ0v) is 10.1. The molecule has 0 aliphatic rings. The largest absolute Gasteiger partial charge is 0.392 e. The van der Waals surface area contributed by atoms with Gasteiger partial charge in [-0.25, -0.2) is 0 Å². The van der Waals surface area contributed by atoms with E-state index in [1.165, 1.54) is 0 Å². The Morgan fingerprint density at radius 3 is 2.26 bits per heavy atom. The van der Waals surface area contributed by atoms with Crippen LogP contribution in [0.5, 0.6) is 0 Å². The van der Waals surface area contributed by atoms with Crippen molar-refractivity contribution in [1.29, 1.82) is 5.26 Å². The van der Waals surface area contributed by atoms with Gasteiger partial charge >= 0.3 is 0 Å². The zero-order valence-electron chi connectivity index (χ0n) is 10.1. The molecule has 4 heteroatoms. The summed E-state index contributed by atoms with van der Waals surface area (Å²) < 4.78 is 0. The van der Waals surface area contributed by atoms with Gasteiger partial charge in [0.2, 0.25) is 0 Å². The first kappa shape index (κ1) is 12.8. The van der Waals surface area contributed by atoms with Crippen LogP contribution in [0.2, 0.25) is 0 Å². The summed E-state index contributed by atoms with van der Waals surface area (Å²) in [4.78, 5) is 11.9. The molecule has 0 saturated carbocycles. The van der Waals surface area contributed by atoms with Crippen molar-refractivity contribution in [3.05, 3.63) is 65.2 Å². The fourth-order valence-corrected chi connectivity index (χ4v) is 1.59. The first-order valence-corrected chi connectivity index (χ1v) is 5.74. The summed E-state index contributed by atoms with van der Waals surface area (Å²) in [6.45, 7) is -0.0240. The second-order valence-electron chi connectivity index (χ2n) is 4.00. The third-order valence-electron chi connectivity index (χ3n) is 2.67. The summed E-state index contributed by atoms with van der Waals surface area (Å²) in [5, 5.41) is 20.3. The highest BCUT2D eigenvalue weighted by Gasteiger charge is 2.05. The lowest BCUT2D eigenvalue weighted by molar-refractivity contribution is 0.102. The number of nitrogens with zero attached hydrogens (tertiary/aromatic N) is 1. The number of anilines is 1. The van der Waals surface area contributed by atoms with E-state index in [0.29, 0.717) is 16.8 Å². The molecule has 0 bridgehead atoms. The molecule has 94 valence electrons. The maximum atomic E-state index is 11.9. The minimum Gasteiger partial charge on any atom is -0.392 e. The van der Waals surface area contributed by atoms with Crippen molar-refractivity contribution in [2.45, 2.75) is 6.61 Å². The van der Waals surface area contributed by atoms with Crippen LogP contribution in [0.4, 0.5) is 5.69 Å².